The van der Waals surface area contributed by atoms with E-state index in [0.717, 1.165) is 33.4 Å². The van der Waals surface area contributed by atoms with Crippen LogP contribution in [0.3, 0.4) is 0 Å². The fourth-order valence-electron chi connectivity index (χ4n) is 2.82. The highest BCUT2D eigenvalue weighted by Crippen LogP contribution is 2.29. The van der Waals surface area contributed by atoms with Crippen LogP contribution < -0.4 is 0 Å². The third-order valence-electron chi connectivity index (χ3n) is 4.21. The molecule has 0 aliphatic rings. The fourth-order valence-corrected chi connectivity index (χ4v) is 2.82. The fraction of sp³-hybridized carbons (Fsp3) is 0. The molecular weight excluding hydrogens is 324 g/mol. The van der Waals surface area contributed by atoms with Crippen molar-refractivity contribution in [3.05, 3.63) is 85.5 Å². The summed E-state index contributed by atoms with van der Waals surface area (Å²) >= 11 is 0. The zero-order chi connectivity index (χ0) is 17.9. The van der Waals surface area contributed by atoms with Gasteiger partial charge in [0.25, 0.3) is 0 Å². The molecule has 2 heterocycles. The van der Waals surface area contributed by atoms with E-state index in [2.05, 4.69) is 22.1 Å². The van der Waals surface area contributed by atoms with Gasteiger partial charge in [-0.05, 0) is 47.5 Å². The number of hydrogen-bond acceptors (Lipinski definition) is 4. The molecule has 0 unspecified atom stereocenters. The Hall–Kier alpha value is -3.66. The molecule has 4 nitrogen and oxygen atoms in total. The topological polar surface area (TPSA) is 66.2 Å². The lowest BCUT2D eigenvalue weighted by molar-refractivity contribution is 0.475. The number of hydrogen-bond donors (Lipinski definition) is 2. The Labute approximate surface area is 151 Å². The predicted molar refractivity (Wildman–Crippen MR) is 102 cm³/mol. The Bertz CT molecular complexity index is 955. The molecule has 0 bridgehead atoms. The summed E-state index contributed by atoms with van der Waals surface area (Å²) in [7, 11) is 0. The van der Waals surface area contributed by atoms with E-state index < -0.39 is 0 Å². The van der Waals surface area contributed by atoms with Gasteiger partial charge < -0.3 is 10.2 Å². The molecule has 2 aromatic carbocycles. The third-order valence-corrected chi connectivity index (χ3v) is 4.21. The van der Waals surface area contributed by atoms with Gasteiger partial charge in [0.15, 0.2) is 0 Å². The van der Waals surface area contributed by atoms with Crippen LogP contribution in [0.25, 0.3) is 33.4 Å². The first-order chi connectivity index (χ1) is 12.7. The Morgan fingerprint density at radius 1 is 0.423 bits per heavy atom. The summed E-state index contributed by atoms with van der Waals surface area (Å²) in [6.45, 7) is 0. The van der Waals surface area contributed by atoms with Crippen molar-refractivity contribution in [1.29, 1.82) is 0 Å². The van der Waals surface area contributed by atoms with Gasteiger partial charge in [-0.3, -0.25) is 9.97 Å². The molecule has 0 radical (unpaired) electrons. The zero-order valence-electron chi connectivity index (χ0n) is 13.9. The first kappa shape index (κ1) is 15.8. The van der Waals surface area contributed by atoms with Gasteiger partial charge in [0, 0.05) is 47.0 Å². The minimum absolute atomic E-state index is 0.240. The molecule has 0 amide bonds. The Morgan fingerprint density at radius 2 is 0.731 bits per heavy atom. The van der Waals surface area contributed by atoms with Gasteiger partial charge in [0.2, 0.25) is 0 Å². The Morgan fingerprint density at radius 3 is 1.08 bits per heavy atom. The Kier molecular flexibility index (Phi) is 4.07. The smallest absolute Gasteiger partial charge is 0.115 e. The maximum Gasteiger partial charge on any atom is 0.115 e. The molecule has 0 fully saturated rings. The molecule has 0 saturated carbocycles. The first-order valence-corrected chi connectivity index (χ1v) is 8.18. The monoisotopic (exact) mass is 340 g/mol. The van der Waals surface area contributed by atoms with Gasteiger partial charge in [0.1, 0.15) is 11.5 Å². The molecule has 2 aromatic heterocycles. The highest BCUT2D eigenvalue weighted by Gasteiger charge is 2.06. The molecule has 126 valence electrons. The van der Waals surface area contributed by atoms with Crippen molar-refractivity contribution in [3.8, 4) is 44.9 Å². The van der Waals surface area contributed by atoms with E-state index in [-0.39, 0.29) is 11.5 Å². The number of nitrogens with zero attached hydrogens (tertiary/aromatic N) is 2. The van der Waals surface area contributed by atoms with Crippen molar-refractivity contribution in [3.63, 3.8) is 0 Å². The van der Waals surface area contributed by atoms with E-state index in [1.807, 2.05) is 36.7 Å². The number of aromatic nitrogens is 2. The van der Waals surface area contributed by atoms with Crippen molar-refractivity contribution in [2.24, 2.45) is 0 Å². The van der Waals surface area contributed by atoms with Crippen molar-refractivity contribution >= 4 is 0 Å². The number of phenolic OH excluding ortho intramolecular Hbond substituents is 2. The van der Waals surface area contributed by atoms with Crippen molar-refractivity contribution in [2.45, 2.75) is 0 Å². The van der Waals surface area contributed by atoms with Crippen LogP contribution in [-0.2, 0) is 0 Å². The second-order valence-electron chi connectivity index (χ2n) is 6.02. The number of benzene rings is 2. The number of phenols is 2. The van der Waals surface area contributed by atoms with Crippen LogP contribution in [0.5, 0.6) is 11.5 Å². The highest BCUT2D eigenvalue weighted by atomic mass is 16.3. The van der Waals surface area contributed by atoms with E-state index in [0.29, 0.717) is 0 Å². The molecule has 26 heavy (non-hydrogen) atoms. The average Bonchev–Trinajstić information content (AvgIpc) is 2.69. The molecule has 2 N–H and O–H groups in total. The highest BCUT2D eigenvalue weighted by molar-refractivity contribution is 5.75. The standard InChI is InChI=1S/C22H16N2O2/c25-21-5-1-15(2-6-21)17-9-19(13-23-11-17)20-10-18(12-24-14-20)16-3-7-22(26)8-4-16/h1-14,25-26H. The molecule has 4 rings (SSSR count). The summed E-state index contributed by atoms with van der Waals surface area (Å²) in [6, 6.07) is 18.2. The van der Waals surface area contributed by atoms with E-state index in [1.165, 1.54) is 0 Å². The molecule has 4 aromatic rings. The zero-order valence-corrected chi connectivity index (χ0v) is 13.9. The van der Waals surface area contributed by atoms with E-state index in [9.17, 15) is 10.2 Å². The van der Waals surface area contributed by atoms with E-state index in [1.54, 1.807) is 36.7 Å². The van der Waals surface area contributed by atoms with Crippen LogP contribution in [0, 0.1) is 0 Å². The summed E-state index contributed by atoms with van der Waals surface area (Å²) in [5.74, 6) is 0.479. The molecule has 4 heteroatoms. The van der Waals surface area contributed by atoms with Crippen LogP contribution in [-0.4, -0.2) is 20.2 Å². The quantitative estimate of drug-likeness (QED) is 0.557. The molecule has 0 aliphatic heterocycles. The van der Waals surface area contributed by atoms with Crippen molar-refractivity contribution in [2.75, 3.05) is 0 Å². The molecule has 0 saturated heterocycles. The maximum absolute atomic E-state index is 9.45. The van der Waals surface area contributed by atoms with Crippen molar-refractivity contribution < 1.29 is 10.2 Å². The summed E-state index contributed by atoms with van der Waals surface area (Å²) in [6.07, 6.45) is 7.21. The number of pyridine rings is 2. The Balaban J connectivity index is 1.72. The normalized spacial score (nSPS) is 10.6. The molecule has 0 aliphatic carbocycles. The second kappa shape index (κ2) is 6.69. The maximum atomic E-state index is 9.45. The lowest BCUT2D eigenvalue weighted by atomic mass is 10.0. The van der Waals surface area contributed by atoms with Crippen LogP contribution in [0.4, 0.5) is 0 Å². The summed E-state index contributed by atoms with van der Waals surface area (Å²) in [5, 5.41) is 18.9. The second-order valence-corrected chi connectivity index (χ2v) is 6.02. The van der Waals surface area contributed by atoms with Gasteiger partial charge >= 0.3 is 0 Å². The van der Waals surface area contributed by atoms with E-state index in [4.69, 9.17) is 0 Å². The minimum Gasteiger partial charge on any atom is -0.508 e. The third kappa shape index (κ3) is 3.26. The average molecular weight is 340 g/mol. The number of aromatic hydroxyl groups is 2. The largest absolute Gasteiger partial charge is 0.508 e. The van der Waals surface area contributed by atoms with E-state index >= 15 is 0 Å². The summed E-state index contributed by atoms with van der Waals surface area (Å²) in [4.78, 5) is 8.70. The van der Waals surface area contributed by atoms with Crippen LogP contribution >= 0.6 is 0 Å². The van der Waals surface area contributed by atoms with Gasteiger partial charge in [-0.2, -0.15) is 0 Å². The lowest BCUT2D eigenvalue weighted by Gasteiger charge is -2.08. The first-order valence-electron chi connectivity index (χ1n) is 8.18. The van der Waals surface area contributed by atoms with Crippen LogP contribution in [0.1, 0.15) is 0 Å². The SMILES string of the molecule is Oc1ccc(-c2cncc(-c3cncc(-c4ccc(O)cc4)c3)c2)cc1. The van der Waals surface area contributed by atoms with Gasteiger partial charge in [0.05, 0.1) is 0 Å². The van der Waals surface area contributed by atoms with Crippen LogP contribution in [0.2, 0.25) is 0 Å². The molecule has 0 atom stereocenters. The minimum atomic E-state index is 0.240. The van der Waals surface area contributed by atoms with Gasteiger partial charge in [-0.1, -0.05) is 24.3 Å². The van der Waals surface area contributed by atoms with Crippen molar-refractivity contribution in [1.82, 2.24) is 9.97 Å². The molecule has 0 spiro atoms. The van der Waals surface area contributed by atoms with Gasteiger partial charge in [-0.15, -0.1) is 0 Å². The predicted octanol–water partition coefficient (Wildman–Crippen LogP) is 4.89. The summed E-state index contributed by atoms with van der Waals surface area (Å²) in [5.41, 5.74) is 5.84. The number of rotatable bonds is 3. The summed E-state index contributed by atoms with van der Waals surface area (Å²) < 4.78 is 0. The molecular formula is C22H16N2O2. The van der Waals surface area contributed by atoms with Gasteiger partial charge in [-0.25, -0.2) is 0 Å². The van der Waals surface area contributed by atoms with Crippen LogP contribution in [0.15, 0.2) is 85.5 Å². The lowest BCUT2D eigenvalue weighted by Crippen LogP contribution is -1.87.